The predicted molar refractivity (Wildman–Crippen MR) is 106 cm³/mol. The minimum Gasteiger partial charge on any atom is -0.477 e. The van der Waals surface area contributed by atoms with Gasteiger partial charge in [-0.1, -0.05) is 66.2 Å². The van der Waals surface area contributed by atoms with Gasteiger partial charge in [0.1, 0.15) is 11.5 Å². The van der Waals surface area contributed by atoms with Gasteiger partial charge >= 0.3 is 5.97 Å². The van der Waals surface area contributed by atoms with Gasteiger partial charge in [0.25, 0.3) is 5.91 Å². The second-order valence-electron chi connectivity index (χ2n) is 5.87. The molecule has 0 heterocycles. The fourth-order valence-electron chi connectivity index (χ4n) is 2.64. The van der Waals surface area contributed by atoms with Crippen LogP contribution in [0.2, 0.25) is 5.02 Å². The molecule has 0 atom stereocenters. The number of carboxylic acids is 1. The number of aliphatic carboxylic acids is 1. The average molecular weight is 396 g/mol. The van der Waals surface area contributed by atoms with Crippen LogP contribution in [-0.4, -0.2) is 17.0 Å². The summed E-state index contributed by atoms with van der Waals surface area (Å²) >= 11 is 6.14. The Morgan fingerprint density at radius 3 is 2.21 bits per heavy atom. The zero-order valence-corrected chi connectivity index (χ0v) is 15.3. The molecule has 0 saturated carbocycles. The van der Waals surface area contributed by atoms with E-state index in [4.69, 9.17) is 11.6 Å². The Balaban J connectivity index is 1.98. The molecule has 3 aromatic carbocycles. The molecule has 0 spiro atoms. The SMILES string of the molecule is O=C(O)/C(=C/c1cccc(-c2ccccc2Cl)c1F)NC(=O)c1ccccc1. The lowest BCUT2D eigenvalue weighted by molar-refractivity contribution is -0.132. The Morgan fingerprint density at radius 1 is 0.893 bits per heavy atom. The summed E-state index contributed by atoms with van der Waals surface area (Å²) in [5, 5.41) is 12.1. The maximum atomic E-state index is 15.0. The summed E-state index contributed by atoms with van der Waals surface area (Å²) in [4.78, 5) is 23.8. The fraction of sp³-hybridized carbons (Fsp3) is 0. The standard InChI is InChI=1S/C22H15ClFNO3/c23-18-12-5-4-10-16(18)17-11-6-9-15(20(17)24)13-19(22(27)28)25-21(26)14-7-2-1-3-8-14/h1-13H,(H,25,26)(H,27,28)/b19-13-. The molecule has 4 nitrogen and oxygen atoms in total. The van der Waals surface area contributed by atoms with Gasteiger partial charge in [0.05, 0.1) is 0 Å². The number of carboxylic acid groups (broad SMARTS) is 1. The third-order valence-electron chi connectivity index (χ3n) is 4.01. The van der Waals surface area contributed by atoms with Crippen LogP contribution < -0.4 is 5.32 Å². The molecule has 3 rings (SSSR count). The van der Waals surface area contributed by atoms with Crippen molar-refractivity contribution in [3.8, 4) is 11.1 Å². The van der Waals surface area contributed by atoms with E-state index in [1.165, 1.54) is 6.07 Å². The molecule has 0 saturated heterocycles. The maximum absolute atomic E-state index is 15.0. The van der Waals surface area contributed by atoms with E-state index in [0.29, 0.717) is 16.1 Å². The molecule has 0 aliphatic heterocycles. The van der Waals surface area contributed by atoms with Gasteiger partial charge in [0, 0.05) is 27.3 Å². The van der Waals surface area contributed by atoms with Crippen molar-refractivity contribution in [3.05, 3.63) is 100 Å². The molecule has 2 N–H and O–H groups in total. The van der Waals surface area contributed by atoms with E-state index >= 15 is 4.39 Å². The molecule has 0 bridgehead atoms. The Hall–Kier alpha value is -3.44. The highest BCUT2D eigenvalue weighted by Crippen LogP contribution is 2.31. The lowest BCUT2D eigenvalue weighted by Crippen LogP contribution is -2.27. The van der Waals surface area contributed by atoms with Gasteiger partial charge in [0.15, 0.2) is 0 Å². The highest BCUT2D eigenvalue weighted by Gasteiger charge is 2.16. The maximum Gasteiger partial charge on any atom is 0.352 e. The van der Waals surface area contributed by atoms with E-state index in [1.54, 1.807) is 66.7 Å². The lowest BCUT2D eigenvalue weighted by atomic mass is 10.0. The third-order valence-corrected chi connectivity index (χ3v) is 4.34. The van der Waals surface area contributed by atoms with Crippen molar-refractivity contribution < 1.29 is 19.1 Å². The molecule has 6 heteroatoms. The first-order valence-corrected chi connectivity index (χ1v) is 8.70. The number of carbonyl (C=O) groups excluding carboxylic acids is 1. The van der Waals surface area contributed by atoms with E-state index in [0.717, 1.165) is 6.08 Å². The number of amides is 1. The van der Waals surface area contributed by atoms with Crippen molar-refractivity contribution in [1.82, 2.24) is 5.32 Å². The number of halogens is 2. The molecule has 0 fully saturated rings. The van der Waals surface area contributed by atoms with Crippen LogP contribution >= 0.6 is 11.6 Å². The summed E-state index contributed by atoms with van der Waals surface area (Å²) in [5.41, 5.74) is 0.591. The van der Waals surface area contributed by atoms with Crippen molar-refractivity contribution in [3.63, 3.8) is 0 Å². The zero-order valence-electron chi connectivity index (χ0n) is 14.5. The third kappa shape index (κ3) is 4.27. The second-order valence-corrected chi connectivity index (χ2v) is 6.28. The van der Waals surface area contributed by atoms with Crippen molar-refractivity contribution >= 4 is 29.6 Å². The average Bonchev–Trinajstić information content (AvgIpc) is 2.70. The summed E-state index contributed by atoms with van der Waals surface area (Å²) in [7, 11) is 0. The molecule has 0 aliphatic carbocycles. The van der Waals surface area contributed by atoms with Crippen LogP contribution in [0, 0.1) is 5.82 Å². The van der Waals surface area contributed by atoms with Crippen LogP contribution in [0.5, 0.6) is 0 Å². The van der Waals surface area contributed by atoms with Gasteiger partial charge in [-0.05, 0) is 24.3 Å². The number of carbonyl (C=O) groups is 2. The van der Waals surface area contributed by atoms with Crippen LogP contribution in [0.4, 0.5) is 4.39 Å². The highest BCUT2D eigenvalue weighted by atomic mass is 35.5. The Kier molecular flexibility index (Phi) is 5.87. The van der Waals surface area contributed by atoms with Crippen LogP contribution in [0.1, 0.15) is 15.9 Å². The topological polar surface area (TPSA) is 66.4 Å². The predicted octanol–water partition coefficient (Wildman–Crippen LogP) is 5.00. The molecule has 0 aliphatic rings. The first-order valence-electron chi connectivity index (χ1n) is 8.32. The summed E-state index contributed by atoms with van der Waals surface area (Å²) in [5.74, 6) is -2.62. The monoisotopic (exact) mass is 395 g/mol. The lowest BCUT2D eigenvalue weighted by Gasteiger charge is -2.10. The first kappa shape index (κ1) is 19.3. The summed E-state index contributed by atoms with van der Waals surface area (Å²) in [6, 6.07) is 19.5. The zero-order chi connectivity index (χ0) is 20.1. The number of hydrogen-bond acceptors (Lipinski definition) is 2. The molecular weight excluding hydrogens is 381 g/mol. The van der Waals surface area contributed by atoms with Crippen LogP contribution in [0.3, 0.4) is 0 Å². The molecule has 0 radical (unpaired) electrons. The molecule has 3 aromatic rings. The van der Waals surface area contributed by atoms with Gasteiger partial charge in [-0.2, -0.15) is 0 Å². The normalized spacial score (nSPS) is 11.1. The van der Waals surface area contributed by atoms with Crippen LogP contribution in [0.25, 0.3) is 17.2 Å². The molecule has 140 valence electrons. The quantitative estimate of drug-likeness (QED) is 0.597. The van der Waals surface area contributed by atoms with Gasteiger partial charge in [-0.25, -0.2) is 9.18 Å². The van der Waals surface area contributed by atoms with Crippen LogP contribution in [0.15, 0.2) is 78.5 Å². The molecule has 1 amide bonds. The van der Waals surface area contributed by atoms with E-state index in [9.17, 15) is 14.7 Å². The smallest absolute Gasteiger partial charge is 0.352 e. The Bertz CT molecular complexity index is 1060. The molecule has 0 unspecified atom stereocenters. The molecular formula is C22H15ClFNO3. The van der Waals surface area contributed by atoms with Crippen molar-refractivity contribution in [2.24, 2.45) is 0 Å². The second kappa shape index (κ2) is 8.50. The largest absolute Gasteiger partial charge is 0.477 e. The van der Waals surface area contributed by atoms with Gasteiger partial charge < -0.3 is 10.4 Å². The number of rotatable bonds is 5. The van der Waals surface area contributed by atoms with E-state index in [-0.39, 0.29) is 11.1 Å². The Labute approximate surface area is 165 Å². The first-order chi connectivity index (χ1) is 13.5. The van der Waals surface area contributed by atoms with E-state index in [2.05, 4.69) is 5.32 Å². The summed E-state index contributed by atoms with van der Waals surface area (Å²) < 4.78 is 15.0. The molecule has 28 heavy (non-hydrogen) atoms. The van der Waals surface area contributed by atoms with Gasteiger partial charge in [-0.3, -0.25) is 4.79 Å². The van der Waals surface area contributed by atoms with E-state index in [1.807, 2.05) is 0 Å². The van der Waals surface area contributed by atoms with Crippen molar-refractivity contribution in [2.75, 3.05) is 0 Å². The number of hydrogen-bond donors (Lipinski definition) is 2. The number of nitrogens with one attached hydrogen (secondary N) is 1. The summed E-state index contributed by atoms with van der Waals surface area (Å²) in [6.45, 7) is 0. The van der Waals surface area contributed by atoms with Gasteiger partial charge in [0.2, 0.25) is 0 Å². The van der Waals surface area contributed by atoms with Crippen molar-refractivity contribution in [2.45, 2.75) is 0 Å². The fourth-order valence-corrected chi connectivity index (χ4v) is 2.88. The highest BCUT2D eigenvalue weighted by molar-refractivity contribution is 6.33. The minimum atomic E-state index is -1.38. The number of benzene rings is 3. The minimum absolute atomic E-state index is 0.0168. The molecule has 0 aromatic heterocycles. The Morgan fingerprint density at radius 2 is 1.54 bits per heavy atom. The van der Waals surface area contributed by atoms with Gasteiger partial charge in [-0.15, -0.1) is 0 Å². The van der Waals surface area contributed by atoms with Crippen molar-refractivity contribution in [1.29, 1.82) is 0 Å². The van der Waals surface area contributed by atoms with Crippen LogP contribution in [-0.2, 0) is 4.79 Å². The van der Waals surface area contributed by atoms with E-state index < -0.39 is 23.4 Å². The summed E-state index contributed by atoms with van der Waals surface area (Å²) in [6.07, 6.45) is 1.08.